The standard InChI is InChI=1S/C13H24N4/c1-3-4-13-10-14-6-8-17(13)7-5-12-9-15-16(2)11-12/h9,11,13-14H,3-8,10H2,1-2H3. The second-order valence-electron chi connectivity index (χ2n) is 4.95. The van der Waals surface area contributed by atoms with E-state index in [0.717, 1.165) is 32.1 Å². The van der Waals surface area contributed by atoms with Crippen LogP contribution in [0.2, 0.25) is 0 Å². The third-order valence-electron chi connectivity index (χ3n) is 3.54. The molecule has 2 rings (SSSR count). The monoisotopic (exact) mass is 236 g/mol. The molecule has 1 aromatic rings. The highest BCUT2D eigenvalue weighted by Gasteiger charge is 2.20. The average molecular weight is 236 g/mol. The van der Waals surface area contributed by atoms with Crippen LogP contribution in [0.1, 0.15) is 25.3 Å². The van der Waals surface area contributed by atoms with E-state index >= 15 is 0 Å². The highest BCUT2D eigenvalue weighted by atomic mass is 15.2. The molecule has 1 N–H and O–H groups in total. The van der Waals surface area contributed by atoms with Crippen LogP contribution >= 0.6 is 0 Å². The molecule has 0 aromatic carbocycles. The largest absolute Gasteiger partial charge is 0.314 e. The Kier molecular flexibility index (Phi) is 4.57. The summed E-state index contributed by atoms with van der Waals surface area (Å²) in [5.74, 6) is 0. The molecule has 1 atom stereocenters. The minimum absolute atomic E-state index is 0.727. The molecular formula is C13H24N4. The predicted octanol–water partition coefficient (Wildman–Crippen LogP) is 1.04. The zero-order chi connectivity index (χ0) is 12.1. The summed E-state index contributed by atoms with van der Waals surface area (Å²) in [4.78, 5) is 2.63. The summed E-state index contributed by atoms with van der Waals surface area (Å²) < 4.78 is 1.89. The van der Waals surface area contributed by atoms with Crippen LogP contribution in [0.3, 0.4) is 0 Å². The van der Waals surface area contributed by atoms with E-state index in [1.165, 1.54) is 24.9 Å². The Morgan fingerprint density at radius 2 is 2.41 bits per heavy atom. The van der Waals surface area contributed by atoms with Gasteiger partial charge in [-0.25, -0.2) is 0 Å². The summed E-state index contributed by atoms with van der Waals surface area (Å²) in [6.45, 7) is 6.91. The van der Waals surface area contributed by atoms with Crippen LogP contribution in [0, 0.1) is 0 Å². The van der Waals surface area contributed by atoms with Crippen LogP contribution in [-0.2, 0) is 13.5 Å². The first-order valence-electron chi connectivity index (χ1n) is 6.72. The smallest absolute Gasteiger partial charge is 0.0522 e. The quantitative estimate of drug-likeness (QED) is 0.829. The molecule has 1 saturated heterocycles. The van der Waals surface area contributed by atoms with Crippen LogP contribution in [0.5, 0.6) is 0 Å². The topological polar surface area (TPSA) is 33.1 Å². The average Bonchev–Trinajstić information content (AvgIpc) is 2.74. The minimum atomic E-state index is 0.727. The molecule has 1 unspecified atom stereocenters. The van der Waals surface area contributed by atoms with Crippen molar-refractivity contribution in [2.45, 2.75) is 32.2 Å². The van der Waals surface area contributed by atoms with Crippen molar-refractivity contribution in [2.24, 2.45) is 7.05 Å². The van der Waals surface area contributed by atoms with Crippen molar-refractivity contribution >= 4 is 0 Å². The molecule has 17 heavy (non-hydrogen) atoms. The lowest BCUT2D eigenvalue weighted by molar-refractivity contribution is 0.154. The van der Waals surface area contributed by atoms with Crippen molar-refractivity contribution in [2.75, 3.05) is 26.2 Å². The number of nitrogens with zero attached hydrogens (tertiary/aromatic N) is 3. The van der Waals surface area contributed by atoms with Crippen LogP contribution < -0.4 is 5.32 Å². The summed E-state index contributed by atoms with van der Waals surface area (Å²) in [5.41, 5.74) is 1.35. The predicted molar refractivity (Wildman–Crippen MR) is 70.1 cm³/mol. The third kappa shape index (κ3) is 3.54. The molecule has 1 aromatic heterocycles. The Bertz CT molecular complexity index is 332. The Hall–Kier alpha value is -0.870. The number of piperazine rings is 1. The Morgan fingerprint density at radius 1 is 1.53 bits per heavy atom. The fraction of sp³-hybridized carbons (Fsp3) is 0.769. The maximum Gasteiger partial charge on any atom is 0.0522 e. The molecule has 2 heterocycles. The lowest BCUT2D eigenvalue weighted by Gasteiger charge is -2.36. The van der Waals surface area contributed by atoms with Crippen LogP contribution in [0.4, 0.5) is 0 Å². The molecule has 0 radical (unpaired) electrons. The van der Waals surface area contributed by atoms with Crippen molar-refractivity contribution in [3.05, 3.63) is 18.0 Å². The second-order valence-corrected chi connectivity index (χ2v) is 4.95. The summed E-state index contributed by atoms with van der Waals surface area (Å²) in [5, 5.41) is 7.72. The number of nitrogens with one attached hydrogen (secondary N) is 1. The lowest BCUT2D eigenvalue weighted by Crippen LogP contribution is -2.51. The zero-order valence-electron chi connectivity index (χ0n) is 11.0. The first-order valence-corrected chi connectivity index (χ1v) is 6.72. The maximum atomic E-state index is 4.22. The molecular weight excluding hydrogens is 212 g/mol. The van der Waals surface area contributed by atoms with Gasteiger partial charge in [0.1, 0.15) is 0 Å². The molecule has 1 aliphatic heterocycles. The molecule has 4 nitrogen and oxygen atoms in total. The molecule has 0 saturated carbocycles. The van der Waals surface area contributed by atoms with E-state index in [1.807, 2.05) is 17.9 Å². The first kappa shape index (κ1) is 12.6. The van der Waals surface area contributed by atoms with Crippen LogP contribution in [0.15, 0.2) is 12.4 Å². The van der Waals surface area contributed by atoms with Gasteiger partial charge in [0.2, 0.25) is 0 Å². The van der Waals surface area contributed by atoms with Gasteiger partial charge in [0, 0.05) is 45.5 Å². The van der Waals surface area contributed by atoms with Gasteiger partial charge in [-0.15, -0.1) is 0 Å². The molecule has 0 bridgehead atoms. The molecule has 4 heteroatoms. The molecule has 1 aliphatic rings. The fourth-order valence-corrected chi connectivity index (χ4v) is 2.59. The van der Waals surface area contributed by atoms with Gasteiger partial charge in [0.25, 0.3) is 0 Å². The summed E-state index contributed by atoms with van der Waals surface area (Å²) >= 11 is 0. The van der Waals surface area contributed by atoms with Crippen molar-refractivity contribution in [3.63, 3.8) is 0 Å². The Morgan fingerprint density at radius 3 is 3.12 bits per heavy atom. The van der Waals surface area contributed by atoms with Gasteiger partial charge in [-0.2, -0.15) is 5.10 Å². The Labute approximate surface area is 104 Å². The van der Waals surface area contributed by atoms with Crippen molar-refractivity contribution < 1.29 is 0 Å². The third-order valence-corrected chi connectivity index (χ3v) is 3.54. The fourth-order valence-electron chi connectivity index (χ4n) is 2.59. The number of aryl methyl sites for hydroxylation is 1. The molecule has 0 amide bonds. The molecule has 96 valence electrons. The van der Waals surface area contributed by atoms with E-state index in [9.17, 15) is 0 Å². The van der Waals surface area contributed by atoms with E-state index < -0.39 is 0 Å². The summed E-state index contributed by atoms with van der Waals surface area (Å²) in [7, 11) is 1.98. The minimum Gasteiger partial charge on any atom is -0.314 e. The van der Waals surface area contributed by atoms with E-state index in [4.69, 9.17) is 0 Å². The molecule has 0 spiro atoms. The highest BCUT2D eigenvalue weighted by molar-refractivity contribution is 5.04. The SMILES string of the molecule is CCCC1CNCCN1CCc1cnn(C)c1. The highest BCUT2D eigenvalue weighted by Crippen LogP contribution is 2.10. The van der Waals surface area contributed by atoms with Crippen molar-refractivity contribution in [1.29, 1.82) is 0 Å². The van der Waals surface area contributed by atoms with Gasteiger partial charge in [-0.1, -0.05) is 13.3 Å². The maximum absolute atomic E-state index is 4.22. The van der Waals surface area contributed by atoms with Gasteiger partial charge < -0.3 is 5.32 Å². The zero-order valence-corrected chi connectivity index (χ0v) is 11.0. The van der Waals surface area contributed by atoms with E-state index in [0.29, 0.717) is 0 Å². The van der Waals surface area contributed by atoms with E-state index in [-0.39, 0.29) is 0 Å². The second kappa shape index (κ2) is 6.17. The van der Waals surface area contributed by atoms with Crippen molar-refractivity contribution in [3.8, 4) is 0 Å². The lowest BCUT2D eigenvalue weighted by atomic mass is 10.1. The van der Waals surface area contributed by atoms with E-state index in [2.05, 4.69) is 28.4 Å². The summed E-state index contributed by atoms with van der Waals surface area (Å²) in [6.07, 6.45) is 7.80. The van der Waals surface area contributed by atoms with Gasteiger partial charge in [0.15, 0.2) is 0 Å². The first-order chi connectivity index (χ1) is 8.29. The van der Waals surface area contributed by atoms with Gasteiger partial charge in [0.05, 0.1) is 6.20 Å². The number of hydrogen-bond acceptors (Lipinski definition) is 3. The van der Waals surface area contributed by atoms with E-state index in [1.54, 1.807) is 0 Å². The number of hydrogen-bond donors (Lipinski definition) is 1. The molecule has 1 fully saturated rings. The van der Waals surface area contributed by atoms with Gasteiger partial charge >= 0.3 is 0 Å². The number of rotatable bonds is 5. The normalized spacial score (nSPS) is 21.9. The van der Waals surface area contributed by atoms with Crippen LogP contribution in [-0.4, -0.2) is 46.9 Å². The van der Waals surface area contributed by atoms with Crippen LogP contribution in [0.25, 0.3) is 0 Å². The van der Waals surface area contributed by atoms with Gasteiger partial charge in [-0.3, -0.25) is 9.58 Å². The number of aromatic nitrogens is 2. The summed E-state index contributed by atoms with van der Waals surface area (Å²) in [6, 6.07) is 0.727. The van der Waals surface area contributed by atoms with Gasteiger partial charge in [-0.05, 0) is 18.4 Å². The molecule has 0 aliphatic carbocycles. The Balaban J connectivity index is 1.83. The van der Waals surface area contributed by atoms with Crippen molar-refractivity contribution in [1.82, 2.24) is 20.0 Å².